The minimum Gasteiger partial charge on any atom is -0.386 e. The van der Waals surface area contributed by atoms with Crippen LogP contribution >= 0.6 is 11.3 Å². The molecule has 3 nitrogen and oxygen atoms in total. The van der Waals surface area contributed by atoms with E-state index in [1.165, 1.54) is 0 Å². The van der Waals surface area contributed by atoms with Gasteiger partial charge in [0.25, 0.3) is 0 Å². The van der Waals surface area contributed by atoms with Crippen LogP contribution in [0.5, 0.6) is 0 Å². The molecule has 2 heterocycles. The number of thiophene rings is 1. The fourth-order valence-corrected chi connectivity index (χ4v) is 2.41. The summed E-state index contributed by atoms with van der Waals surface area (Å²) in [5.74, 6) is 0. The van der Waals surface area contributed by atoms with Gasteiger partial charge in [-0.3, -0.25) is 4.90 Å². The number of β-amino-alcohol motifs (C(OH)–C–C–N with tert-alkyl or cyclic N) is 1. The van der Waals surface area contributed by atoms with Gasteiger partial charge in [0.2, 0.25) is 0 Å². The molecule has 1 aromatic heterocycles. The Morgan fingerprint density at radius 3 is 2.93 bits per heavy atom. The maximum absolute atomic E-state index is 9.91. The number of hydrogen-bond acceptors (Lipinski definition) is 4. The zero-order valence-electron chi connectivity index (χ0n) is 8.15. The van der Waals surface area contributed by atoms with Crippen LogP contribution in [0.4, 0.5) is 0 Å². The average molecular weight is 212 g/mol. The normalized spacial score (nSPS) is 20.9. The molecule has 0 saturated carbocycles. The first kappa shape index (κ1) is 10.1. The first-order valence-corrected chi connectivity index (χ1v) is 5.89. The van der Waals surface area contributed by atoms with Crippen LogP contribution in [0, 0.1) is 0 Å². The zero-order valence-corrected chi connectivity index (χ0v) is 8.96. The van der Waals surface area contributed by atoms with Gasteiger partial charge in [-0.05, 0) is 11.4 Å². The predicted octanol–water partition coefficient (Wildman–Crippen LogP) is 0.687. The number of hydrogen-bond donors (Lipinski definition) is 2. The van der Waals surface area contributed by atoms with E-state index in [0.717, 1.165) is 37.6 Å². The SMILES string of the molecule is OC(CN1CCNCC1)c1cccs1. The molecule has 0 aromatic carbocycles. The molecule has 0 bridgehead atoms. The first-order chi connectivity index (χ1) is 6.86. The summed E-state index contributed by atoms with van der Waals surface area (Å²) in [5.41, 5.74) is 0. The number of nitrogens with one attached hydrogen (secondary N) is 1. The highest BCUT2D eigenvalue weighted by molar-refractivity contribution is 7.10. The highest BCUT2D eigenvalue weighted by Gasteiger charge is 2.15. The van der Waals surface area contributed by atoms with Gasteiger partial charge in [-0.2, -0.15) is 0 Å². The summed E-state index contributed by atoms with van der Waals surface area (Å²) < 4.78 is 0. The zero-order chi connectivity index (χ0) is 9.80. The van der Waals surface area contributed by atoms with Gasteiger partial charge >= 0.3 is 0 Å². The van der Waals surface area contributed by atoms with E-state index in [0.29, 0.717) is 0 Å². The van der Waals surface area contributed by atoms with Crippen molar-refractivity contribution in [2.24, 2.45) is 0 Å². The summed E-state index contributed by atoms with van der Waals surface area (Å²) in [7, 11) is 0. The molecule has 14 heavy (non-hydrogen) atoms. The molecular formula is C10H16N2OS. The van der Waals surface area contributed by atoms with Gasteiger partial charge < -0.3 is 10.4 Å². The van der Waals surface area contributed by atoms with Crippen LogP contribution in [0.3, 0.4) is 0 Å². The molecule has 1 aliphatic heterocycles. The fourth-order valence-electron chi connectivity index (χ4n) is 1.71. The van der Waals surface area contributed by atoms with Crippen LogP contribution in [0.25, 0.3) is 0 Å². The average Bonchev–Trinajstić information content (AvgIpc) is 2.72. The van der Waals surface area contributed by atoms with E-state index >= 15 is 0 Å². The Hall–Kier alpha value is -0.420. The molecule has 1 fully saturated rings. The lowest BCUT2D eigenvalue weighted by atomic mass is 10.2. The van der Waals surface area contributed by atoms with Gasteiger partial charge in [0.05, 0.1) is 0 Å². The Bertz CT molecular complexity index is 257. The van der Waals surface area contributed by atoms with E-state index < -0.39 is 0 Å². The summed E-state index contributed by atoms with van der Waals surface area (Å²) in [5, 5.41) is 15.2. The number of nitrogens with zero attached hydrogens (tertiary/aromatic N) is 1. The first-order valence-electron chi connectivity index (χ1n) is 5.01. The quantitative estimate of drug-likeness (QED) is 0.773. The van der Waals surface area contributed by atoms with E-state index in [2.05, 4.69) is 10.2 Å². The van der Waals surface area contributed by atoms with Gasteiger partial charge in [-0.1, -0.05) is 6.07 Å². The molecule has 0 radical (unpaired) electrons. The number of piperazine rings is 1. The van der Waals surface area contributed by atoms with E-state index in [4.69, 9.17) is 0 Å². The highest BCUT2D eigenvalue weighted by atomic mass is 32.1. The van der Waals surface area contributed by atoms with Gasteiger partial charge in [-0.25, -0.2) is 0 Å². The van der Waals surface area contributed by atoms with Gasteiger partial charge in [-0.15, -0.1) is 11.3 Å². The van der Waals surface area contributed by atoms with Crippen molar-refractivity contribution in [2.75, 3.05) is 32.7 Å². The summed E-state index contributed by atoms with van der Waals surface area (Å²) in [6.45, 7) is 4.93. The molecule has 2 rings (SSSR count). The van der Waals surface area contributed by atoms with Gasteiger partial charge in [0.1, 0.15) is 6.10 Å². The molecule has 2 N–H and O–H groups in total. The van der Waals surface area contributed by atoms with Crippen molar-refractivity contribution < 1.29 is 5.11 Å². The van der Waals surface area contributed by atoms with E-state index in [1.54, 1.807) is 11.3 Å². The summed E-state index contributed by atoms with van der Waals surface area (Å²) in [4.78, 5) is 3.38. The smallest absolute Gasteiger partial charge is 0.101 e. The predicted molar refractivity (Wildman–Crippen MR) is 58.6 cm³/mol. The van der Waals surface area contributed by atoms with Crippen molar-refractivity contribution in [1.29, 1.82) is 0 Å². The second kappa shape index (κ2) is 4.89. The van der Waals surface area contributed by atoms with Crippen LogP contribution in [0.2, 0.25) is 0 Å². The summed E-state index contributed by atoms with van der Waals surface area (Å²) in [6, 6.07) is 3.98. The molecule has 4 heteroatoms. The summed E-state index contributed by atoms with van der Waals surface area (Å²) >= 11 is 1.63. The van der Waals surface area contributed by atoms with Gasteiger partial charge in [0.15, 0.2) is 0 Å². The van der Waals surface area contributed by atoms with Crippen LogP contribution < -0.4 is 5.32 Å². The molecule has 0 aliphatic carbocycles. The van der Waals surface area contributed by atoms with Crippen molar-refractivity contribution >= 4 is 11.3 Å². The van der Waals surface area contributed by atoms with Crippen LogP contribution in [-0.2, 0) is 0 Å². The van der Waals surface area contributed by atoms with Crippen molar-refractivity contribution in [3.8, 4) is 0 Å². The molecule has 0 spiro atoms. The molecule has 1 aromatic rings. The van der Waals surface area contributed by atoms with Crippen LogP contribution in [0.15, 0.2) is 17.5 Å². The largest absolute Gasteiger partial charge is 0.386 e. The Morgan fingerprint density at radius 1 is 1.50 bits per heavy atom. The Labute approximate surface area is 88.4 Å². The lowest BCUT2D eigenvalue weighted by molar-refractivity contribution is 0.108. The second-order valence-corrected chi connectivity index (χ2v) is 4.56. The third kappa shape index (κ3) is 2.54. The summed E-state index contributed by atoms with van der Waals surface area (Å²) in [6.07, 6.45) is -0.312. The lowest BCUT2D eigenvalue weighted by Crippen LogP contribution is -2.44. The van der Waals surface area contributed by atoms with E-state index in [9.17, 15) is 5.11 Å². The number of aliphatic hydroxyl groups is 1. The van der Waals surface area contributed by atoms with E-state index in [-0.39, 0.29) is 6.10 Å². The van der Waals surface area contributed by atoms with Crippen molar-refractivity contribution in [3.05, 3.63) is 22.4 Å². The van der Waals surface area contributed by atoms with Crippen LogP contribution in [-0.4, -0.2) is 42.7 Å². The third-order valence-corrected chi connectivity index (χ3v) is 3.49. The fraction of sp³-hybridized carbons (Fsp3) is 0.600. The Morgan fingerprint density at radius 2 is 2.29 bits per heavy atom. The van der Waals surface area contributed by atoms with Crippen molar-refractivity contribution in [1.82, 2.24) is 10.2 Å². The standard InChI is InChI=1S/C10H16N2OS/c13-9(10-2-1-7-14-10)8-12-5-3-11-4-6-12/h1-2,7,9,11,13H,3-6,8H2. The Balaban J connectivity index is 1.84. The number of aliphatic hydroxyl groups excluding tert-OH is 1. The minimum absolute atomic E-state index is 0.312. The molecule has 1 aliphatic rings. The van der Waals surface area contributed by atoms with Gasteiger partial charge in [0, 0.05) is 37.6 Å². The van der Waals surface area contributed by atoms with Crippen molar-refractivity contribution in [3.63, 3.8) is 0 Å². The lowest BCUT2D eigenvalue weighted by Gasteiger charge is -2.28. The number of rotatable bonds is 3. The van der Waals surface area contributed by atoms with Crippen LogP contribution in [0.1, 0.15) is 11.0 Å². The topological polar surface area (TPSA) is 35.5 Å². The molecule has 1 saturated heterocycles. The second-order valence-electron chi connectivity index (χ2n) is 3.58. The minimum atomic E-state index is -0.312. The Kier molecular flexibility index (Phi) is 3.53. The van der Waals surface area contributed by atoms with Crippen molar-refractivity contribution in [2.45, 2.75) is 6.10 Å². The molecule has 1 atom stereocenters. The third-order valence-electron chi connectivity index (χ3n) is 2.51. The monoisotopic (exact) mass is 212 g/mol. The maximum Gasteiger partial charge on any atom is 0.101 e. The molecular weight excluding hydrogens is 196 g/mol. The molecule has 78 valence electrons. The molecule has 0 amide bonds. The highest BCUT2D eigenvalue weighted by Crippen LogP contribution is 2.19. The van der Waals surface area contributed by atoms with E-state index in [1.807, 2.05) is 17.5 Å². The maximum atomic E-state index is 9.91. The molecule has 1 unspecified atom stereocenters.